The Labute approximate surface area is 81.7 Å². The molecule has 0 saturated carbocycles. The SMILES string of the molecule is NC(=O)COCC(=O)c1ccccc1. The van der Waals surface area contributed by atoms with Crippen LogP contribution in [0.5, 0.6) is 0 Å². The molecule has 0 spiro atoms. The largest absolute Gasteiger partial charge is 0.368 e. The van der Waals surface area contributed by atoms with Crippen molar-refractivity contribution in [2.45, 2.75) is 0 Å². The maximum Gasteiger partial charge on any atom is 0.243 e. The minimum Gasteiger partial charge on any atom is -0.368 e. The first kappa shape index (κ1) is 10.4. The first-order chi connectivity index (χ1) is 6.70. The van der Waals surface area contributed by atoms with Gasteiger partial charge < -0.3 is 10.5 Å². The third kappa shape index (κ3) is 3.37. The fraction of sp³-hybridized carbons (Fsp3) is 0.200. The van der Waals surface area contributed by atoms with Gasteiger partial charge >= 0.3 is 0 Å². The molecular weight excluding hydrogens is 182 g/mol. The van der Waals surface area contributed by atoms with Crippen molar-refractivity contribution in [1.29, 1.82) is 0 Å². The summed E-state index contributed by atoms with van der Waals surface area (Å²) in [5.74, 6) is -0.738. The Morgan fingerprint density at radius 2 is 1.79 bits per heavy atom. The van der Waals surface area contributed by atoms with Crippen LogP contribution in [0.3, 0.4) is 0 Å². The third-order valence-electron chi connectivity index (χ3n) is 1.57. The summed E-state index contributed by atoms with van der Waals surface area (Å²) in [6, 6.07) is 8.73. The van der Waals surface area contributed by atoms with E-state index >= 15 is 0 Å². The molecule has 1 amide bonds. The van der Waals surface area contributed by atoms with Crippen molar-refractivity contribution in [3.63, 3.8) is 0 Å². The number of amides is 1. The predicted molar refractivity (Wildman–Crippen MR) is 50.8 cm³/mol. The van der Waals surface area contributed by atoms with E-state index in [0.29, 0.717) is 5.56 Å². The van der Waals surface area contributed by atoms with Gasteiger partial charge in [0.2, 0.25) is 5.91 Å². The van der Waals surface area contributed by atoms with Crippen molar-refractivity contribution in [1.82, 2.24) is 0 Å². The molecule has 4 nitrogen and oxygen atoms in total. The van der Waals surface area contributed by atoms with Gasteiger partial charge in [0, 0.05) is 5.56 Å². The van der Waals surface area contributed by atoms with Crippen molar-refractivity contribution in [3.8, 4) is 0 Å². The quantitative estimate of drug-likeness (QED) is 0.687. The summed E-state index contributed by atoms with van der Waals surface area (Å²) in [6.45, 7) is -0.342. The normalized spacial score (nSPS) is 9.71. The van der Waals surface area contributed by atoms with E-state index in [2.05, 4.69) is 0 Å². The van der Waals surface area contributed by atoms with Gasteiger partial charge in [-0.15, -0.1) is 0 Å². The molecule has 1 rings (SSSR count). The Kier molecular flexibility index (Phi) is 3.82. The standard InChI is InChI=1S/C10H11NO3/c11-10(13)7-14-6-9(12)8-4-2-1-3-5-8/h1-5H,6-7H2,(H2,11,13). The number of carbonyl (C=O) groups excluding carboxylic acids is 2. The Morgan fingerprint density at radius 1 is 1.14 bits per heavy atom. The van der Waals surface area contributed by atoms with Gasteiger partial charge in [0.05, 0.1) is 0 Å². The number of benzene rings is 1. The smallest absolute Gasteiger partial charge is 0.243 e. The first-order valence-electron chi connectivity index (χ1n) is 4.14. The molecule has 0 bridgehead atoms. The maximum absolute atomic E-state index is 11.3. The number of hydrogen-bond acceptors (Lipinski definition) is 3. The molecule has 0 aliphatic heterocycles. The second kappa shape index (κ2) is 5.14. The molecule has 2 N–H and O–H groups in total. The Morgan fingerprint density at radius 3 is 2.36 bits per heavy atom. The molecule has 0 aromatic heterocycles. The summed E-state index contributed by atoms with van der Waals surface area (Å²) in [7, 11) is 0. The van der Waals surface area contributed by atoms with Crippen molar-refractivity contribution in [2.24, 2.45) is 5.73 Å². The van der Waals surface area contributed by atoms with Gasteiger partial charge in [0.15, 0.2) is 5.78 Å². The zero-order valence-corrected chi connectivity index (χ0v) is 7.60. The van der Waals surface area contributed by atoms with Crippen LogP contribution in [0.4, 0.5) is 0 Å². The van der Waals surface area contributed by atoms with Gasteiger partial charge in [-0.05, 0) is 0 Å². The fourth-order valence-electron chi connectivity index (χ4n) is 0.952. The number of primary amides is 1. The molecule has 4 heteroatoms. The average molecular weight is 193 g/mol. The molecule has 14 heavy (non-hydrogen) atoms. The molecule has 1 aromatic carbocycles. The minimum atomic E-state index is -0.578. The van der Waals surface area contributed by atoms with Crippen LogP contribution in [0.2, 0.25) is 0 Å². The van der Waals surface area contributed by atoms with Gasteiger partial charge in [0.1, 0.15) is 13.2 Å². The summed E-state index contributed by atoms with van der Waals surface area (Å²) in [5, 5.41) is 0. The van der Waals surface area contributed by atoms with E-state index in [0.717, 1.165) is 0 Å². The summed E-state index contributed by atoms with van der Waals surface area (Å²) in [4.78, 5) is 21.7. The molecule has 0 aliphatic rings. The monoisotopic (exact) mass is 193 g/mol. The lowest BCUT2D eigenvalue weighted by molar-refractivity contribution is -0.122. The zero-order valence-electron chi connectivity index (χ0n) is 7.60. The number of ether oxygens (including phenoxy) is 1. The molecule has 74 valence electrons. The van der Waals surface area contributed by atoms with Crippen LogP contribution < -0.4 is 5.73 Å². The van der Waals surface area contributed by atoms with Crippen molar-refractivity contribution in [2.75, 3.05) is 13.2 Å². The van der Waals surface area contributed by atoms with Crippen LogP contribution in [-0.2, 0) is 9.53 Å². The van der Waals surface area contributed by atoms with E-state index in [1.165, 1.54) is 0 Å². The van der Waals surface area contributed by atoms with E-state index in [4.69, 9.17) is 10.5 Å². The predicted octanol–water partition coefficient (Wildman–Crippen LogP) is 0.371. The molecular formula is C10H11NO3. The highest BCUT2D eigenvalue weighted by molar-refractivity contribution is 5.97. The number of rotatable bonds is 5. The summed E-state index contributed by atoms with van der Waals surface area (Å²) in [6.07, 6.45) is 0. The topological polar surface area (TPSA) is 69.4 Å². The zero-order chi connectivity index (χ0) is 10.4. The van der Waals surface area contributed by atoms with Crippen molar-refractivity contribution < 1.29 is 14.3 Å². The second-order valence-corrected chi connectivity index (χ2v) is 2.75. The minimum absolute atomic E-state index is 0.118. The molecule has 0 atom stereocenters. The summed E-state index contributed by atoms with van der Waals surface area (Å²) >= 11 is 0. The fourth-order valence-corrected chi connectivity index (χ4v) is 0.952. The molecule has 0 radical (unpaired) electrons. The number of carbonyl (C=O) groups is 2. The lowest BCUT2D eigenvalue weighted by Crippen LogP contribution is -2.20. The lowest BCUT2D eigenvalue weighted by Gasteiger charge is -2.00. The van der Waals surface area contributed by atoms with E-state index in [-0.39, 0.29) is 19.0 Å². The highest BCUT2D eigenvalue weighted by atomic mass is 16.5. The van der Waals surface area contributed by atoms with Crippen LogP contribution >= 0.6 is 0 Å². The third-order valence-corrected chi connectivity index (χ3v) is 1.57. The van der Waals surface area contributed by atoms with E-state index in [1.54, 1.807) is 24.3 Å². The van der Waals surface area contributed by atoms with Gasteiger partial charge in [-0.1, -0.05) is 30.3 Å². The lowest BCUT2D eigenvalue weighted by atomic mass is 10.1. The summed E-state index contributed by atoms with van der Waals surface area (Å²) in [5.41, 5.74) is 5.41. The number of hydrogen-bond donors (Lipinski definition) is 1. The maximum atomic E-state index is 11.3. The molecule has 0 aliphatic carbocycles. The molecule has 0 heterocycles. The highest BCUT2D eigenvalue weighted by Crippen LogP contribution is 1.99. The highest BCUT2D eigenvalue weighted by Gasteiger charge is 2.05. The first-order valence-corrected chi connectivity index (χ1v) is 4.14. The van der Waals surface area contributed by atoms with Crippen LogP contribution in [0.1, 0.15) is 10.4 Å². The van der Waals surface area contributed by atoms with Crippen molar-refractivity contribution >= 4 is 11.7 Å². The van der Waals surface area contributed by atoms with E-state index < -0.39 is 5.91 Å². The Balaban J connectivity index is 2.40. The molecule has 0 fully saturated rings. The van der Waals surface area contributed by atoms with Crippen LogP contribution in [0.15, 0.2) is 30.3 Å². The molecule has 0 saturated heterocycles. The Bertz CT molecular complexity index is 321. The molecule has 0 unspecified atom stereocenters. The van der Waals surface area contributed by atoms with E-state index in [9.17, 15) is 9.59 Å². The van der Waals surface area contributed by atoms with Crippen molar-refractivity contribution in [3.05, 3.63) is 35.9 Å². The number of ketones is 1. The van der Waals surface area contributed by atoms with Gasteiger partial charge in [-0.2, -0.15) is 0 Å². The number of nitrogens with two attached hydrogens (primary N) is 1. The van der Waals surface area contributed by atoms with Gasteiger partial charge in [0.25, 0.3) is 0 Å². The number of Topliss-reactive ketones (excluding diaryl/α,β-unsaturated/α-hetero) is 1. The second-order valence-electron chi connectivity index (χ2n) is 2.75. The van der Waals surface area contributed by atoms with Crippen LogP contribution in [0, 0.1) is 0 Å². The Hall–Kier alpha value is -1.68. The van der Waals surface area contributed by atoms with Crippen LogP contribution in [-0.4, -0.2) is 24.9 Å². The summed E-state index contributed by atoms with van der Waals surface area (Å²) < 4.78 is 4.79. The van der Waals surface area contributed by atoms with Gasteiger partial charge in [-0.3, -0.25) is 9.59 Å². The average Bonchev–Trinajstić information content (AvgIpc) is 2.18. The van der Waals surface area contributed by atoms with E-state index in [1.807, 2.05) is 6.07 Å². The van der Waals surface area contributed by atoms with Crippen LogP contribution in [0.25, 0.3) is 0 Å². The van der Waals surface area contributed by atoms with Gasteiger partial charge in [-0.25, -0.2) is 0 Å². The molecule has 1 aromatic rings.